The van der Waals surface area contributed by atoms with Gasteiger partial charge < -0.3 is 9.47 Å². The van der Waals surface area contributed by atoms with E-state index >= 15 is 0 Å². The molecule has 0 amide bonds. The molecule has 2 rings (SSSR count). The maximum Gasteiger partial charge on any atom is 0.421 e. The van der Waals surface area contributed by atoms with Crippen LogP contribution in [0.4, 0.5) is 26.3 Å². The minimum atomic E-state index is -4.65. The number of hydrogen-bond donors (Lipinski definition) is 1. The molecule has 1 aliphatic rings. The minimum absolute atomic E-state index is 0.0324. The summed E-state index contributed by atoms with van der Waals surface area (Å²) in [4.78, 5) is 3.79. The summed E-state index contributed by atoms with van der Waals surface area (Å²) in [7, 11) is 1.05. The highest BCUT2D eigenvalue weighted by Gasteiger charge is 2.50. The molecule has 0 aliphatic carbocycles. The molecular formula is C14H15BrF6N2O2. The number of nitrogens with zero attached hydrogens (tertiary/aromatic N) is 1. The zero-order valence-corrected chi connectivity index (χ0v) is 14.9. The van der Waals surface area contributed by atoms with Gasteiger partial charge in [-0.2, -0.15) is 26.3 Å². The first kappa shape index (κ1) is 20.2. The van der Waals surface area contributed by atoms with Gasteiger partial charge in [-0.1, -0.05) is 0 Å². The van der Waals surface area contributed by atoms with Gasteiger partial charge >= 0.3 is 12.4 Å². The molecular weight excluding hydrogens is 422 g/mol. The van der Waals surface area contributed by atoms with Crippen molar-refractivity contribution in [3.63, 3.8) is 0 Å². The molecule has 1 aromatic rings. The number of methoxy groups -OCH3 is 1. The fourth-order valence-corrected chi connectivity index (χ4v) is 2.52. The quantitative estimate of drug-likeness (QED) is 0.547. The monoisotopic (exact) mass is 436 g/mol. The molecule has 142 valence electrons. The van der Waals surface area contributed by atoms with Crippen LogP contribution in [-0.2, 0) is 10.9 Å². The van der Waals surface area contributed by atoms with Crippen LogP contribution in [0.25, 0.3) is 0 Å². The summed E-state index contributed by atoms with van der Waals surface area (Å²) in [6, 6.07) is 0.805. The van der Waals surface area contributed by atoms with E-state index in [-0.39, 0.29) is 10.2 Å². The average molecular weight is 437 g/mol. The largest absolute Gasteiger partial charge is 0.481 e. The van der Waals surface area contributed by atoms with Crippen LogP contribution >= 0.6 is 15.9 Å². The van der Waals surface area contributed by atoms with E-state index in [0.717, 1.165) is 27.0 Å². The Balaban J connectivity index is 2.12. The van der Waals surface area contributed by atoms with E-state index in [4.69, 9.17) is 4.74 Å². The molecule has 1 N–H and O–H groups in total. The third-order valence-corrected chi connectivity index (χ3v) is 4.38. The molecule has 1 aliphatic heterocycles. The number of pyridine rings is 1. The Hall–Kier alpha value is -1.07. The van der Waals surface area contributed by atoms with Crippen molar-refractivity contribution in [3.8, 4) is 5.88 Å². The summed E-state index contributed by atoms with van der Waals surface area (Å²) in [6.07, 6.45) is -10.6. The minimum Gasteiger partial charge on any atom is -0.481 e. The van der Waals surface area contributed by atoms with Gasteiger partial charge in [-0.25, -0.2) is 4.98 Å². The number of halogens is 7. The number of epoxide rings is 1. The fourth-order valence-electron chi connectivity index (χ4n) is 1.98. The summed E-state index contributed by atoms with van der Waals surface area (Å²) < 4.78 is 87.1. The van der Waals surface area contributed by atoms with Gasteiger partial charge in [0.05, 0.1) is 18.2 Å². The third-order valence-electron chi connectivity index (χ3n) is 3.74. The molecule has 1 fully saturated rings. The van der Waals surface area contributed by atoms with Gasteiger partial charge in [-0.05, 0) is 35.8 Å². The van der Waals surface area contributed by atoms with Crippen LogP contribution in [-0.4, -0.2) is 31.0 Å². The van der Waals surface area contributed by atoms with Gasteiger partial charge in [0, 0.05) is 11.0 Å². The summed E-state index contributed by atoms with van der Waals surface area (Å²) in [5.74, 6) is -0.629. The highest BCUT2D eigenvalue weighted by Crippen LogP contribution is 2.45. The molecule has 2 unspecified atom stereocenters. The molecule has 1 saturated heterocycles. The summed E-state index contributed by atoms with van der Waals surface area (Å²) >= 11 is 2.99. The van der Waals surface area contributed by atoms with Crippen molar-refractivity contribution in [2.24, 2.45) is 5.41 Å². The first-order valence-corrected chi connectivity index (χ1v) is 7.84. The number of alkyl halides is 6. The predicted molar refractivity (Wildman–Crippen MR) is 78.9 cm³/mol. The van der Waals surface area contributed by atoms with E-state index in [9.17, 15) is 26.3 Å². The lowest BCUT2D eigenvalue weighted by Gasteiger charge is -2.27. The molecule has 1 aromatic heterocycles. The first-order valence-electron chi connectivity index (χ1n) is 7.05. The van der Waals surface area contributed by atoms with Crippen molar-refractivity contribution in [1.82, 2.24) is 10.3 Å². The molecule has 11 heteroatoms. The van der Waals surface area contributed by atoms with Crippen molar-refractivity contribution in [2.75, 3.05) is 13.7 Å². The highest BCUT2D eigenvalue weighted by atomic mass is 79.9. The van der Waals surface area contributed by atoms with Crippen LogP contribution in [0.1, 0.15) is 31.2 Å². The Kier molecular flexibility index (Phi) is 5.33. The van der Waals surface area contributed by atoms with Crippen LogP contribution in [0.2, 0.25) is 0 Å². The van der Waals surface area contributed by atoms with Gasteiger partial charge in [0.25, 0.3) is 0 Å². The summed E-state index contributed by atoms with van der Waals surface area (Å²) in [5.41, 5.74) is -2.92. The summed E-state index contributed by atoms with van der Waals surface area (Å²) in [5, 5.41) is 2.60. The Morgan fingerprint density at radius 2 is 1.84 bits per heavy atom. The van der Waals surface area contributed by atoms with Crippen LogP contribution in [0.15, 0.2) is 10.5 Å². The number of rotatable bonds is 5. The molecule has 25 heavy (non-hydrogen) atoms. The van der Waals surface area contributed by atoms with Gasteiger partial charge in [-0.3, -0.25) is 5.32 Å². The maximum atomic E-state index is 12.9. The molecule has 0 aromatic carbocycles. The predicted octanol–water partition coefficient (Wildman–Crippen LogP) is 4.45. The van der Waals surface area contributed by atoms with Gasteiger partial charge in [0.15, 0.2) is 0 Å². The molecule has 0 spiro atoms. The van der Waals surface area contributed by atoms with Crippen molar-refractivity contribution < 1.29 is 35.8 Å². The lowest BCUT2D eigenvalue weighted by molar-refractivity contribution is -0.209. The lowest BCUT2D eigenvalue weighted by Crippen LogP contribution is -2.42. The van der Waals surface area contributed by atoms with Crippen molar-refractivity contribution >= 4 is 15.9 Å². The van der Waals surface area contributed by atoms with Crippen LogP contribution < -0.4 is 10.1 Å². The number of ether oxygens (including phenoxy) is 2. The number of nitrogens with one attached hydrogen (secondary N) is 1. The van der Waals surface area contributed by atoms with E-state index in [2.05, 4.69) is 31.0 Å². The standard InChI is InChI=1S/C14H15BrF6N2O2/c1-12(2,14(19,20)21)5-22-11-9(25-11)8-7(15)4-6(13(16,17)18)10(23-8)24-3/h4,9,11,22H,5H2,1-3H3. The molecule has 2 atom stereocenters. The Morgan fingerprint density at radius 3 is 2.32 bits per heavy atom. The highest BCUT2D eigenvalue weighted by molar-refractivity contribution is 9.10. The Morgan fingerprint density at radius 1 is 1.24 bits per heavy atom. The number of aromatic nitrogens is 1. The summed E-state index contributed by atoms with van der Waals surface area (Å²) in [6.45, 7) is 1.66. The zero-order valence-electron chi connectivity index (χ0n) is 13.3. The van der Waals surface area contributed by atoms with Gasteiger partial charge in [0.1, 0.15) is 17.9 Å². The topological polar surface area (TPSA) is 46.7 Å². The third kappa shape index (κ3) is 4.37. The average Bonchev–Trinajstić information content (AvgIpc) is 3.22. The fraction of sp³-hybridized carbons (Fsp3) is 0.643. The zero-order chi connectivity index (χ0) is 19.2. The van der Waals surface area contributed by atoms with Gasteiger partial charge in [0.2, 0.25) is 5.88 Å². The van der Waals surface area contributed by atoms with E-state index in [1.807, 2.05) is 0 Å². The molecule has 2 heterocycles. The van der Waals surface area contributed by atoms with Crippen LogP contribution in [0.5, 0.6) is 5.88 Å². The SMILES string of the molecule is COc1nc(C2OC2NCC(C)(C)C(F)(F)F)c(Br)cc1C(F)(F)F. The molecule has 4 nitrogen and oxygen atoms in total. The van der Waals surface area contributed by atoms with Crippen LogP contribution in [0.3, 0.4) is 0 Å². The second-order valence-corrected chi connectivity index (χ2v) is 7.00. The maximum absolute atomic E-state index is 12.9. The van der Waals surface area contributed by atoms with Crippen molar-refractivity contribution in [2.45, 2.75) is 38.5 Å². The Labute approximate surface area is 148 Å². The van der Waals surface area contributed by atoms with Crippen molar-refractivity contribution in [3.05, 3.63) is 21.8 Å². The molecule has 0 saturated carbocycles. The molecule has 0 radical (unpaired) electrons. The van der Waals surface area contributed by atoms with Crippen molar-refractivity contribution in [1.29, 1.82) is 0 Å². The van der Waals surface area contributed by atoms with E-state index in [0.29, 0.717) is 0 Å². The number of hydrogen-bond acceptors (Lipinski definition) is 4. The Bertz CT molecular complexity index is 647. The second kappa shape index (κ2) is 6.58. The van der Waals surface area contributed by atoms with Gasteiger partial charge in [-0.15, -0.1) is 0 Å². The smallest absolute Gasteiger partial charge is 0.421 e. The van der Waals surface area contributed by atoms with E-state index in [1.54, 1.807) is 0 Å². The van der Waals surface area contributed by atoms with Crippen LogP contribution in [0, 0.1) is 5.41 Å². The first-order chi connectivity index (χ1) is 11.3. The van der Waals surface area contributed by atoms with E-state index < -0.39 is 48.1 Å². The normalized spacial score (nSPS) is 21.4. The second-order valence-electron chi connectivity index (χ2n) is 6.15. The lowest BCUT2D eigenvalue weighted by atomic mass is 9.93. The van der Waals surface area contributed by atoms with E-state index in [1.165, 1.54) is 0 Å². The molecule has 0 bridgehead atoms.